The van der Waals surface area contributed by atoms with E-state index >= 15 is 0 Å². The number of hydrogen-bond acceptors (Lipinski definition) is 3. The molecule has 0 aromatic heterocycles. The highest BCUT2D eigenvalue weighted by Gasteiger charge is 2.05. The fourth-order valence-corrected chi connectivity index (χ4v) is 0.745. The highest BCUT2D eigenvalue weighted by atomic mass is 31.2. The van der Waals surface area contributed by atoms with Crippen molar-refractivity contribution in [1.82, 2.24) is 5.32 Å². The molecule has 0 unspecified atom stereocenters. The topological polar surface area (TPSA) is 38.3 Å². The first kappa shape index (κ1) is 10.2. The van der Waals surface area contributed by atoms with Crippen LogP contribution in [0.25, 0.3) is 0 Å². The van der Waals surface area contributed by atoms with E-state index in [4.69, 9.17) is 4.52 Å². The summed E-state index contributed by atoms with van der Waals surface area (Å²) in [4.78, 5) is 0. The summed E-state index contributed by atoms with van der Waals surface area (Å²) >= 11 is 0. The molecule has 0 amide bonds. The molecular weight excluding hydrogens is 149 g/mol. The van der Waals surface area contributed by atoms with Crippen LogP contribution >= 0.6 is 7.37 Å². The molecule has 0 heterocycles. The van der Waals surface area contributed by atoms with Gasteiger partial charge in [0.25, 0.3) is 0 Å². The largest absolute Gasteiger partial charge is 0.313 e. The van der Waals surface area contributed by atoms with Gasteiger partial charge in [-0.1, -0.05) is 0 Å². The van der Waals surface area contributed by atoms with Gasteiger partial charge in [-0.25, -0.2) is 0 Å². The molecule has 0 saturated carbocycles. The molecule has 1 N–H and O–H groups in total. The maximum Gasteiger partial charge on any atom is 0.198 e. The lowest BCUT2D eigenvalue weighted by Crippen LogP contribution is -2.24. The Labute approximate surface area is 62.6 Å². The molecule has 0 saturated heterocycles. The summed E-state index contributed by atoms with van der Waals surface area (Å²) in [5.74, 6) is 0. The monoisotopic (exact) mass is 165 g/mol. The van der Waals surface area contributed by atoms with Crippen LogP contribution in [-0.2, 0) is 9.09 Å². The molecule has 0 radical (unpaired) electrons. The molecule has 0 aliphatic heterocycles. The molecule has 0 fully saturated rings. The maximum absolute atomic E-state index is 10.9. The zero-order valence-electron chi connectivity index (χ0n) is 7.05. The summed E-state index contributed by atoms with van der Waals surface area (Å²) in [6, 6.07) is 0.381. The molecule has 0 aromatic rings. The third-order valence-corrected chi connectivity index (χ3v) is 1.62. The normalized spacial score (nSPS) is 12.5. The molecule has 10 heavy (non-hydrogen) atoms. The lowest BCUT2D eigenvalue weighted by atomic mass is 10.4. The highest BCUT2D eigenvalue weighted by molar-refractivity contribution is 7.57. The van der Waals surface area contributed by atoms with Gasteiger partial charge in [-0.15, -0.1) is 0 Å². The van der Waals surface area contributed by atoms with E-state index in [1.54, 1.807) is 13.3 Å². The van der Waals surface area contributed by atoms with Crippen molar-refractivity contribution in [3.63, 3.8) is 0 Å². The van der Waals surface area contributed by atoms with Crippen LogP contribution < -0.4 is 5.32 Å². The Hall–Kier alpha value is 0.150. The van der Waals surface area contributed by atoms with Crippen molar-refractivity contribution < 1.29 is 9.09 Å². The molecule has 62 valence electrons. The van der Waals surface area contributed by atoms with Crippen LogP contribution in [0.5, 0.6) is 0 Å². The maximum atomic E-state index is 10.9. The summed E-state index contributed by atoms with van der Waals surface area (Å²) in [6.45, 7) is 7.62. The quantitative estimate of drug-likeness (QED) is 0.506. The SMILES string of the molecule is CC(C)NCOP(C)(C)=O. The average Bonchev–Trinajstić information content (AvgIpc) is 1.59. The van der Waals surface area contributed by atoms with Gasteiger partial charge in [-0.3, -0.25) is 9.88 Å². The molecule has 0 atom stereocenters. The van der Waals surface area contributed by atoms with Gasteiger partial charge in [0.2, 0.25) is 0 Å². The highest BCUT2D eigenvalue weighted by Crippen LogP contribution is 2.36. The Balaban J connectivity index is 3.30. The fourth-order valence-electron chi connectivity index (χ4n) is 0.359. The summed E-state index contributed by atoms with van der Waals surface area (Å²) < 4.78 is 15.9. The standard InChI is InChI=1S/C6H16NO2P/c1-6(2)7-5-9-10(3,4)8/h6-7H,5H2,1-4H3. The first-order valence-corrected chi connectivity index (χ1v) is 5.86. The average molecular weight is 165 g/mol. The molecule has 0 bridgehead atoms. The minimum atomic E-state index is -2.28. The first-order chi connectivity index (χ1) is 4.42. The molecule has 0 aromatic carbocycles. The third-order valence-electron chi connectivity index (χ3n) is 0.867. The van der Waals surface area contributed by atoms with Crippen LogP contribution in [-0.4, -0.2) is 26.1 Å². The van der Waals surface area contributed by atoms with Crippen molar-refractivity contribution in [3.8, 4) is 0 Å². The van der Waals surface area contributed by atoms with E-state index in [-0.39, 0.29) is 0 Å². The first-order valence-electron chi connectivity index (χ1n) is 3.35. The Bertz CT molecular complexity index is 130. The van der Waals surface area contributed by atoms with E-state index in [1.165, 1.54) is 0 Å². The van der Waals surface area contributed by atoms with Gasteiger partial charge in [0, 0.05) is 19.4 Å². The second kappa shape index (κ2) is 4.12. The molecular formula is C6H16NO2P. The summed E-state index contributed by atoms with van der Waals surface area (Å²) in [5.41, 5.74) is 0. The number of hydrogen-bond donors (Lipinski definition) is 1. The zero-order chi connectivity index (χ0) is 8.20. The van der Waals surface area contributed by atoms with E-state index in [1.807, 2.05) is 13.8 Å². The van der Waals surface area contributed by atoms with Crippen LogP contribution in [0.15, 0.2) is 0 Å². The van der Waals surface area contributed by atoms with Crippen molar-refractivity contribution >= 4 is 7.37 Å². The Kier molecular flexibility index (Phi) is 4.18. The van der Waals surface area contributed by atoms with Gasteiger partial charge < -0.3 is 4.52 Å². The number of rotatable bonds is 4. The van der Waals surface area contributed by atoms with E-state index < -0.39 is 7.37 Å². The van der Waals surface area contributed by atoms with E-state index in [9.17, 15) is 4.57 Å². The molecule has 4 heteroatoms. The molecule has 0 aliphatic rings. The number of nitrogens with one attached hydrogen (secondary N) is 1. The van der Waals surface area contributed by atoms with E-state index in [2.05, 4.69) is 5.32 Å². The summed E-state index contributed by atoms with van der Waals surface area (Å²) in [7, 11) is -2.28. The van der Waals surface area contributed by atoms with Gasteiger partial charge >= 0.3 is 0 Å². The lowest BCUT2D eigenvalue weighted by Gasteiger charge is -2.11. The van der Waals surface area contributed by atoms with Crippen LogP contribution in [0.4, 0.5) is 0 Å². The van der Waals surface area contributed by atoms with Crippen molar-refractivity contribution in [2.75, 3.05) is 20.1 Å². The van der Waals surface area contributed by atoms with Gasteiger partial charge in [-0.2, -0.15) is 0 Å². The third kappa shape index (κ3) is 8.15. The van der Waals surface area contributed by atoms with Gasteiger partial charge in [0.05, 0.1) is 0 Å². The second-order valence-corrected chi connectivity index (χ2v) is 5.65. The Morgan fingerprint density at radius 1 is 1.50 bits per heavy atom. The van der Waals surface area contributed by atoms with E-state index in [0.29, 0.717) is 12.8 Å². The zero-order valence-corrected chi connectivity index (χ0v) is 7.94. The predicted molar refractivity (Wildman–Crippen MR) is 43.7 cm³/mol. The smallest absolute Gasteiger partial charge is 0.198 e. The molecule has 0 rings (SSSR count). The van der Waals surface area contributed by atoms with Crippen LogP contribution in [0.3, 0.4) is 0 Å². The van der Waals surface area contributed by atoms with Crippen LogP contribution in [0, 0.1) is 0 Å². The summed E-state index contributed by atoms with van der Waals surface area (Å²) in [6.07, 6.45) is 0. The Morgan fingerprint density at radius 2 is 2.00 bits per heavy atom. The molecule has 3 nitrogen and oxygen atoms in total. The van der Waals surface area contributed by atoms with Crippen molar-refractivity contribution in [2.45, 2.75) is 19.9 Å². The van der Waals surface area contributed by atoms with Crippen molar-refractivity contribution in [2.24, 2.45) is 0 Å². The van der Waals surface area contributed by atoms with Gasteiger partial charge in [-0.05, 0) is 13.8 Å². The van der Waals surface area contributed by atoms with E-state index in [0.717, 1.165) is 0 Å². The van der Waals surface area contributed by atoms with Crippen LogP contribution in [0.2, 0.25) is 0 Å². The second-order valence-electron chi connectivity index (χ2n) is 2.88. The van der Waals surface area contributed by atoms with Gasteiger partial charge in [0.15, 0.2) is 7.37 Å². The Morgan fingerprint density at radius 3 is 2.30 bits per heavy atom. The van der Waals surface area contributed by atoms with Crippen molar-refractivity contribution in [3.05, 3.63) is 0 Å². The minimum Gasteiger partial charge on any atom is -0.313 e. The fraction of sp³-hybridized carbons (Fsp3) is 1.00. The summed E-state index contributed by atoms with van der Waals surface area (Å²) in [5, 5.41) is 3.01. The van der Waals surface area contributed by atoms with Crippen LogP contribution in [0.1, 0.15) is 13.8 Å². The minimum absolute atomic E-state index is 0.377. The predicted octanol–water partition coefficient (Wildman–Crippen LogP) is 1.50. The lowest BCUT2D eigenvalue weighted by molar-refractivity contribution is 0.276. The van der Waals surface area contributed by atoms with Crippen molar-refractivity contribution in [1.29, 1.82) is 0 Å². The molecule has 0 aliphatic carbocycles. The molecule has 0 spiro atoms. The van der Waals surface area contributed by atoms with Gasteiger partial charge in [0.1, 0.15) is 6.73 Å².